The number of nitrogens with zero attached hydrogens (tertiary/aromatic N) is 1. The lowest BCUT2D eigenvalue weighted by Crippen LogP contribution is -2.72. The van der Waals surface area contributed by atoms with Crippen LogP contribution < -0.4 is 16.5 Å². The van der Waals surface area contributed by atoms with Crippen molar-refractivity contribution >= 4 is 23.2 Å². The summed E-state index contributed by atoms with van der Waals surface area (Å²) in [7, 11) is 0. The maximum Gasteiger partial charge on any atom is 0.343 e. The summed E-state index contributed by atoms with van der Waals surface area (Å²) in [4.78, 5) is 11.0. The first-order valence-corrected chi connectivity index (χ1v) is 4.01. The summed E-state index contributed by atoms with van der Waals surface area (Å²) in [6.45, 7) is 0. The highest BCUT2D eigenvalue weighted by Crippen LogP contribution is 2.09. The van der Waals surface area contributed by atoms with E-state index < -0.39 is 5.09 Å². The van der Waals surface area contributed by atoms with E-state index in [0.29, 0.717) is 5.02 Å². The van der Waals surface area contributed by atoms with Gasteiger partial charge in [0.25, 0.3) is 0 Å². The quantitative estimate of drug-likeness (QED) is 0.249. The first kappa shape index (κ1) is 13.0. The van der Waals surface area contributed by atoms with E-state index in [1.54, 1.807) is 12.1 Å². The molecule has 0 saturated carbocycles. The van der Waals surface area contributed by atoms with Crippen molar-refractivity contribution in [3.63, 3.8) is 0 Å². The van der Waals surface area contributed by atoms with E-state index in [9.17, 15) is 0 Å². The summed E-state index contributed by atoms with van der Waals surface area (Å²) < 4.78 is 0. The highest BCUT2D eigenvalue weighted by Gasteiger charge is 1.92. The zero-order valence-electron chi connectivity index (χ0n) is 7.51. The Hall–Kier alpha value is -2.02. The molecule has 0 aliphatic heterocycles. The van der Waals surface area contributed by atoms with Gasteiger partial charge in [-0.2, -0.15) is 0 Å². The molecule has 0 aromatic heterocycles. The number of halogens is 1. The van der Waals surface area contributed by atoms with Gasteiger partial charge in [-0.25, -0.2) is 4.99 Å². The molecule has 7 nitrogen and oxygen atoms in total. The Morgan fingerprint density at radius 2 is 1.93 bits per heavy atom. The van der Waals surface area contributed by atoms with Gasteiger partial charge >= 0.3 is 5.96 Å². The highest BCUT2D eigenvalue weighted by atomic mass is 35.5. The van der Waals surface area contributed by atoms with Crippen LogP contribution in [0.2, 0.25) is 5.02 Å². The number of rotatable bonds is 1. The van der Waals surface area contributed by atoms with Crippen molar-refractivity contribution in [2.24, 2.45) is 11.5 Å². The number of hydrogen-bond donors (Lipinski definition) is 3. The van der Waals surface area contributed by atoms with Crippen LogP contribution in [0.1, 0.15) is 0 Å². The highest BCUT2D eigenvalue weighted by molar-refractivity contribution is 6.30. The number of hydrogen-bond acceptors (Lipinski definition) is 3. The fourth-order valence-electron chi connectivity index (χ4n) is 0.733. The fourth-order valence-corrected chi connectivity index (χ4v) is 0.923. The van der Waals surface area contributed by atoms with Gasteiger partial charge in [0.2, 0.25) is 0 Å². The standard InChI is InChI=1S/C7H8ClN3.NO3/c8-5-2-1-3-6(4-5)11-7(9)10;2-1(3)4/h1-4H,(H4,9,10,11);/q;-1/p+1. The van der Waals surface area contributed by atoms with Gasteiger partial charge in [0.15, 0.2) is 0 Å². The van der Waals surface area contributed by atoms with Crippen LogP contribution in [0.15, 0.2) is 24.3 Å². The molecule has 82 valence electrons. The minimum Gasteiger partial charge on any atom is -0.356 e. The van der Waals surface area contributed by atoms with Gasteiger partial charge in [-0.1, -0.05) is 17.7 Å². The molecule has 0 radical (unpaired) electrons. The molecule has 1 aromatic carbocycles. The normalized spacial score (nSPS) is 8.33. The zero-order valence-corrected chi connectivity index (χ0v) is 8.27. The molecule has 15 heavy (non-hydrogen) atoms. The Morgan fingerprint density at radius 1 is 1.40 bits per heavy atom. The van der Waals surface area contributed by atoms with Crippen LogP contribution in [0.3, 0.4) is 0 Å². The predicted molar refractivity (Wildman–Crippen MR) is 55.8 cm³/mol. The van der Waals surface area contributed by atoms with Gasteiger partial charge in [0.05, 0.1) is 5.09 Å². The maximum atomic E-state index is 8.25. The average molecular weight is 233 g/mol. The molecule has 0 unspecified atom stereocenters. The van der Waals surface area contributed by atoms with Gasteiger partial charge in [0, 0.05) is 5.02 Å². The Morgan fingerprint density at radius 3 is 2.33 bits per heavy atom. The van der Waals surface area contributed by atoms with E-state index in [1.807, 2.05) is 12.1 Å². The maximum absolute atomic E-state index is 8.25. The van der Waals surface area contributed by atoms with Crippen LogP contribution >= 0.6 is 11.6 Å². The Bertz CT molecular complexity index is 361. The third-order valence-corrected chi connectivity index (χ3v) is 1.35. The summed E-state index contributed by atoms with van der Waals surface area (Å²) in [6, 6.07) is 7.15. The molecule has 0 amide bonds. The van der Waals surface area contributed by atoms with Gasteiger partial charge in [-0.15, -0.1) is 0 Å². The van der Waals surface area contributed by atoms with Crippen molar-refractivity contribution in [2.45, 2.75) is 0 Å². The van der Waals surface area contributed by atoms with Crippen molar-refractivity contribution in [3.05, 3.63) is 44.6 Å². The Kier molecular flexibility index (Phi) is 5.57. The van der Waals surface area contributed by atoms with Gasteiger partial charge in [-0.3, -0.25) is 11.5 Å². The lowest BCUT2D eigenvalue weighted by Gasteiger charge is -1.91. The zero-order chi connectivity index (χ0) is 11.8. The molecule has 1 aromatic rings. The molecule has 0 aliphatic rings. The first-order chi connectivity index (χ1) is 6.91. The van der Waals surface area contributed by atoms with Crippen LogP contribution in [0.5, 0.6) is 0 Å². The number of benzene rings is 1. The van der Waals surface area contributed by atoms with Crippen molar-refractivity contribution < 1.29 is 10.1 Å². The van der Waals surface area contributed by atoms with E-state index in [4.69, 9.17) is 38.4 Å². The molecule has 0 fully saturated rings. The van der Waals surface area contributed by atoms with E-state index in [0.717, 1.165) is 5.69 Å². The predicted octanol–water partition coefficient (Wildman–Crippen LogP) is -0.914. The molecule has 5 N–H and O–H groups in total. The number of nitrogens with two attached hydrogens (primary N) is 2. The summed E-state index contributed by atoms with van der Waals surface area (Å²) in [5.41, 5.74) is 11.2. The molecule has 0 bridgehead atoms. The lowest BCUT2D eigenvalue weighted by molar-refractivity contribution is -0.402. The van der Waals surface area contributed by atoms with Gasteiger partial charge in [-0.05, 0) is 18.2 Å². The first-order valence-electron chi connectivity index (χ1n) is 3.64. The molecular formula is C7H9ClN4O3. The minimum absolute atomic E-state index is 0.160. The SMILES string of the molecule is NC(N)=[NH+]c1cccc(Cl)c1.O=[N+]([O-])[O-]. The van der Waals surface area contributed by atoms with Crippen molar-refractivity contribution in [2.75, 3.05) is 0 Å². The second kappa shape index (κ2) is 6.44. The second-order valence-corrected chi connectivity index (χ2v) is 2.75. The molecule has 0 heterocycles. The van der Waals surface area contributed by atoms with Crippen LogP contribution in [0.4, 0.5) is 5.69 Å². The van der Waals surface area contributed by atoms with E-state index in [2.05, 4.69) is 4.99 Å². The third-order valence-electron chi connectivity index (χ3n) is 1.11. The van der Waals surface area contributed by atoms with Crippen LogP contribution in [-0.2, 0) is 0 Å². The van der Waals surface area contributed by atoms with Crippen LogP contribution in [0.25, 0.3) is 0 Å². The third kappa shape index (κ3) is 8.31. The monoisotopic (exact) mass is 232 g/mol. The molecule has 1 rings (SSSR count). The number of guanidine groups is 1. The topological polar surface area (TPSA) is 132 Å². The minimum atomic E-state index is -1.75. The smallest absolute Gasteiger partial charge is 0.343 e. The molecular weight excluding hydrogens is 224 g/mol. The largest absolute Gasteiger partial charge is 0.356 e. The molecule has 8 heteroatoms. The summed E-state index contributed by atoms with van der Waals surface area (Å²) in [5.74, 6) is 0.160. The van der Waals surface area contributed by atoms with E-state index in [1.165, 1.54) is 0 Å². The molecule has 0 atom stereocenters. The average Bonchev–Trinajstić information content (AvgIpc) is 2.00. The van der Waals surface area contributed by atoms with Crippen molar-refractivity contribution in [3.8, 4) is 0 Å². The van der Waals surface area contributed by atoms with Gasteiger partial charge < -0.3 is 15.3 Å². The van der Waals surface area contributed by atoms with Crippen LogP contribution in [0, 0.1) is 15.3 Å². The van der Waals surface area contributed by atoms with Gasteiger partial charge in [0.1, 0.15) is 5.69 Å². The Labute approximate surface area is 90.1 Å². The Balaban J connectivity index is 0.000000423. The lowest BCUT2D eigenvalue weighted by atomic mass is 10.3. The van der Waals surface area contributed by atoms with Crippen molar-refractivity contribution in [1.82, 2.24) is 0 Å². The number of nitrogens with one attached hydrogen (secondary N) is 1. The van der Waals surface area contributed by atoms with E-state index in [-0.39, 0.29) is 5.96 Å². The fraction of sp³-hybridized carbons (Fsp3) is 0. The summed E-state index contributed by atoms with van der Waals surface area (Å²) in [6.07, 6.45) is 0. The summed E-state index contributed by atoms with van der Waals surface area (Å²) in [5, 5.41) is 15.4. The second-order valence-electron chi connectivity index (χ2n) is 2.31. The van der Waals surface area contributed by atoms with Crippen molar-refractivity contribution in [1.29, 1.82) is 0 Å². The molecule has 0 saturated heterocycles. The van der Waals surface area contributed by atoms with E-state index >= 15 is 0 Å². The van der Waals surface area contributed by atoms with Crippen LogP contribution in [-0.4, -0.2) is 11.0 Å². The summed E-state index contributed by atoms with van der Waals surface area (Å²) >= 11 is 5.70. The molecule has 0 aliphatic carbocycles. The molecule has 0 spiro atoms.